The Morgan fingerprint density at radius 1 is 1.27 bits per heavy atom. The van der Waals surface area contributed by atoms with Crippen molar-refractivity contribution in [3.8, 4) is 5.69 Å². The molecule has 0 radical (unpaired) electrons. The van der Waals surface area contributed by atoms with Gasteiger partial charge in [0.1, 0.15) is 6.54 Å². The number of hydrogen-bond donors (Lipinski definition) is 0. The van der Waals surface area contributed by atoms with E-state index in [2.05, 4.69) is 21.7 Å². The summed E-state index contributed by atoms with van der Waals surface area (Å²) in [5.74, 6) is 1.38. The Labute approximate surface area is 178 Å². The summed E-state index contributed by atoms with van der Waals surface area (Å²) < 4.78 is 1.92. The fraction of sp³-hybridized carbons (Fsp3) is 0.190. The highest BCUT2D eigenvalue weighted by Gasteiger charge is 2.26. The molecule has 0 aliphatic carbocycles. The number of hydrogen-bond acceptors (Lipinski definition) is 6. The highest BCUT2D eigenvalue weighted by Crippen LogP contribution is 2.31. The Bertz CT molecular complexity index is 1170. The number of non-ortho nitro benzene ring substituents is 1. The van der Waals surface area contributed by atoms with Crippen LogP contribution in [0.1, 0.15) is 22.8 Å². The lowest BCUT2D eigenvalue weighted by Crippen LogP contribution is -2.21. The number of rotatable bonds is 6. The van der Waals surface area contributed by atoms with Crippen LogP contribution in [-0.4, -0.2) is 43.9 Å². The Balaban J connectivity index is 1.91. The molecule has 0 unspecified atom stereocenters. The lowest BCUT2D eigenvalue weighted by atomic mass is 9.99. The van der Waals surface area contributed by atoms with Gasteiger partial charge in [0.15, 0.2) is 11.6 Å². The summed E-state index contributed by atoms with van der Waals surface area (Å²) in [6.45, 7) is 5.28. The van der Waals surface area contributed by atoms with Gasteiger partial charge in [-0.05, 0) is 19.2 Å². The largest absolute Gasteiger partial charge is 0.295 e. The van der Waals surface area contributed by atoms with Crippen molar-refractivity contribution in [1.29, 1.82) is 0 Å². The number of nitro benzene ring substituents is 1. The van der Waals surface area contributed by atoms with E-state index in [9.17, 15) is 10.1 Å². The maximum atomic E-state index is 11.5. The van der Waals surface area contributed by atoms with Gasteiger partial charge in [0.2, 0.25) is 0 Å². The molecular weight excluding hydrogens is 404 g/mol. The lowest BCUT2D eigenvalue weighted by Gasteiger charge is -2.17. The number of nitrogens with zero attached hydrogens (tertiary/aromatic N) is 6. The van der Waals surface area contributed by atoms with E-state index in [0.29, 0.717) is 40.8 Å². The van der Waals surface area contributed by atoms with Crippen molar-refractivity contribution in [2.45, 2.75) is 13.1 Å². The zero-order chi connectivity index (χ0) is 21.3. The van der Waals surface area contributed by atoms with Crippen LogP contribution in [0, 0.1) is 10.1 Å². The standard InChI is InChI=1S/C21H19ClN6O2/c1-3-10-26(2)13-20-25-24-19-12-23-21(15-6-4-5-7-17(15)22)16-11-14(28(29)30)8-9-18(16)27(19)20/h3-9,11H,1,10,12-13H2,2H3. The maximum Gasteiger partial charge on any atom is 0.270 e. The molecule has 0 spiro atoms. The van der Waals surface area contributed by atoms with Gasteiger partial charge in [-0.1, -0.05) is 35.9 Å². The molecular formula is C21H19ClN6O2. The molecule has 152 valence electrons. The van der Waals surface area contributed by atoms with Crippen molar-refractivity contribution in [2.75, 3.05) is 13.6 Å². The summed E-state index contributed by atoms with van der Waals surface area (Å²) in [5.41, 5.74) is 2.64. The molecule has 0 atom stereocenters. The number of fused-ring (bicyclic) bond motifs is 3. The van der Waals surface area contributed by atoms with Gasteiger partial charge >= 0.3 is 0 Å². The first-order valence-corrected chi connectivity index (χ1v) is 9.68. The van der Waals surface area contributed by atoms with Crippen LogP contribution in [-0.2, 0) is 13.1 Å². The van der Waals surface area contributed by atoms with E-state index in [1.54, 1.807) is 12.1 Å². The Morgan fingerprint density at radius 2 is 2.07 bits per heavy atom. The number of nitro groups is 1. The van der Waals surface area contributed by atoms with Gasteiger partial charge in [-0.25, -0.2) is 0 Å². The molecule has 1 aromatic heterocycles. The second-order valence-corrected chi connectivity index (χ2v) is 7.36. The average Bonchev–Trinajstić information content (AvgIpc) is 3.03. The summed E-state index contributed by atoms with van der Waals surface area (Å²) >= 11 is 6.43. The van der Waals surface area contributed by atoms with Crippen LogP contribution in [0.15, 0.2) is 60.1 Å². The zero-order valence-electron chi connectivity index (χ0n) is 16.3. The molecule has 2 heterocycles. The van der Waals surface area contributed by atoms with Crippen molar-refractivity contribution >= 4 is 23.0 Å². The molecule has 4 rings (SSSR count). The number of aliphatic imine (C=N–C) groups is 1. The quantitative estimate of drug-likeness (QED) is 0.342. The third-order valence-electron chi connectivity index (χ3n) is 4.84. The van der Waals surface area contributed by atoms with Gasteiger partial charge in [0.25, 0.3) is 5.69 Å². The minimum absolute atomic E-state index is 0.0182. The van der Waals surface area contributed by atoms with Crippen molar-refractivity contribution in [2.24, 2.45) is 4.99 Å². The van der Waals surface area contributed by atoms with Gasteiger partial charge in [-0.3, -0.25) is 24.6 Å². The molecule has 1 aliphatic heterocycles. The normalized spacial score (nSPS) is 12.7. The molecule has 3 aromatic rings. The predicted octanol–water partition coefficient (Wildman–Crippen LogP) is 3.80. The lowest BCUT2D eigenvalue weighted by molar-refractivity contribution is -0.384. The van der Waals surface area contributed by atoms with Crippen LogP contribution < -0.4 is 0 Å². The van der Waals surface area contributed by atoms with E-state index < -0.39 is 4.92 Å². The van der Waals surface area contributed by atoms with Crippen LogP contribution in [0.3, 0.4) is 0 Å². The predicted molar refractivity (Wildman–Crippen MR) is 115 cm³/mol. The summed E-state index contributed by atoms with van der Waals surface area (Å²) in [7, 11) is 1.96. The van der Waals surface area contributed by atoms with Crippen LogP contribution >= 0.6 is 11.6 Å². The Hall–Kier alpha value is -3.36. The molecule has 0 N–H and O–H groups in total. The van der Waals surface area contributed by atoms with E-state index in [0.717, 1.165) is 11.5 Å². The summed E-state index contributed by atoms with van der Waals surface area (Å²) in [4.78, 5) is 17.8. The highest BCUT2D eigenvalue weighted by atomic mass is 35.5. The number of aromatic nitrogens is 3. The second kappa shape index (κ2) is 8.17. The molecule has 0 amide bonds. The molecule has 1 aliphatic rings. The minimum atomic E-state index is -0.415. The minimum Gasteiger partial charge on any atom is -0.295 e. The van der Waals surface area contributed by atoms with E-state index >= 15 is 0 Å². The number of benzene rings is 2. The third-order valence-corrected chi connectivity index (χ3v) is 5.17. The fourth-order valence-corrected chi connectivity index (χ4v) is 3.73. The summed E-state index contributed by atoms with van der Waals surface area (Å²) in [5, 5.41) is 20.6. The van der Waals surface area contributed by atoms with Gasteiger partial charge < -0.3 is 0 Å². The van der Waals surface area contributed by atoms with Crippen LogP contribution in [0.4, 0.5) is 5.69 Å². The van der Waals surface area contributed by atoms with Crippen LogP contribution in [0.25, 0.3) is 5.69 Å². The molecule has 0 saturated carbocycles. The van der Waals surface area contributed by atoms with Gasteiger partial charge in [0, 0.05) is 34.8 Å². The average molecular weight is 423 g/mol. The topological polar surface area (TPSA) is 89.5 Å². The Morgan fingerprint density at radius 3 is 2.80 bits per heavy atom. The van der Waals surface area contributed by atoms with E-state index in [-0.39, 0.29) is 12.2 Å². The van der Waals surface area contributed by atoms with Crippen molar-refractivity contribution in [1.82, 2.24) is 19.7 Å². The smallest absolute Gasteiger partial charge is 0.270 e. The van der Waals surface area contributed by atoms with Crippen molar-refractivity contribution in [3.63, 3.8) is 0 Å². The Kier molecular flexibility index (Phi) is 5.43. The van der Waals surface area contributed by atoms with Gasteiger partial charge in [-0.2, -0.15) is 0 Å². The van der Waals surface area contributed by atoms with Crippen molar-refractivity contribution in [3.05, 3.63) is 93.0 Å². The molecule has 8 nitrogen and oxygen atoms in total. The summed E-state index contributed by atoms with van der Waals surface area (Å²) in [6, 6.07) is 12.1. The van der Waals surface area contributed by atoms with E-state index in [4.69, 9.17) is 16.6 Å². The van der Waals surface area contributed by atoms with E-state index in [1.165, 1.54) is 12.1 Å². The number of likely N-dealkylation sites (N-methyl/N-ethyl adjacent to an activating group) is 1. The monoisotopic (exact) mass is 422 g/mol. The van der Waals surface area contributed by atoms with Gasteiger partial charge in [-0.15, -0.1) is 16.8 Å². The molecule has 9 heteroatoms. The highest BCUT2D eigenvalue weighted by molar-refractivity contribution is 6.35. The first kappa shape index (κ1) is 19.9. The van der Waals surface area contributed by atoms with E-state index in [1.807, 2.05) is 35.9 Å². The van der Waals surface area contributed by atoms with Crippen LogP contribution in [0.5, 0.6) is 0 Å². The first-order valence-electron chi connectivity index (χ1n) is 9.30. The van der Waals surface area contributed by atoms with Crippen molar-refractivity contribution < 1.29 is 4.92 Å². The summed E-state index contributed by atoms with van der Waals surface area (Å²) in [6.07, 6.45) is 1.82. The molecule has 0 fully saturated rings. The molecule has 0 bridgehead atoms. The SMILES string of the molecule is C=CCN(C)Cc1nnc2n1-c1ccc([N+](=O)[O-])cc1C(c1ccccc1Cl)=NC2. The first-order chi connectivity index (χ1) is 14.5. The third kappa shape index (κ3) is 3.62. The maximum absolute atomic E-state index is 11.5. The molecule has 0 saturated heterocycles. The fourth-order valence-electron chi connectivity index (χ4n) is 3.50. The zero-order valence-corrected chi connectivity index (χ0v) is 17.1. The molecule has 2 aromatic carbocycles. The number of halogens is 1. The van der Waals surface area contributed by atoms with Gasteiger partial charge in [0.05, 0.1) is 22.9 Å². The second-order valence-electron chi connectivity index (χ2n) is 6.96. The van der Waals surface area contributed by atoms with Crippen LogP contribution in [0.2, 0.25) is 5.02 Å². The molecule has 30 heavy (non-hydrogen) atoms.